The number of nitrogens with zero attached hydrogens (tertiary/aromatic N) is 6. The smallest absolute Gasteiger partial charge is 0.253 e. The molecule has 1 aliphatic heterocycles. The number of thioether (sulfide) groups is 1. The van der Waals surface area contributed by atoms with Gasteiger partial charge in [0.2, 0.25) is 5.16 Å². The van der Waals surface area contributed by atoms with Gasteiger partial charge >= 0.3 is 0 Å². The molecular weight excluding hydrogens is 396 g/mol. The molecule has 0 bridgehead atoms. The van der Waals surface area contributed by atoms with E-state index in [0.717, 1.165) is 10.6 Å². The van der Waals surface area contributed by atoms with Crippen LogP contribution < -0.4 is 0 Å². The van der Waals surface area contributed by atoms with Gasteiger partial charge in [0.1, 0.15) is 11.5 Å². The van der Waals surface area contributed by atoms with Crippen molar-refractivity contribution in [3.05, 3.63) is 65.0 Å². The van der Waals surface area contributed by atoms with Gasteiger partial charge in [0.25, 0.3) is 11.7 Å². The Kier molecular flexibility index (Phi) is 4.41. The Morgan fingerprint density at radius 2 is 2.29 bits per heavy atom. The monoisotopic (exact) mass is 410 g/mol. The minimum atomic E-state index is -0.121. The summed E-state index contributed by atoms with van der Waals surface area (Å²) in [6.45, 7) is 0. The fourth-order valence-electron chi connectivity index (χ4n) is 3.00. The van der Waals surface area contributed by atoms with Gasteiger partial charge in [-0.1, -0.05) is 17.8 Å². The molecule has 5 heterocycles. The van der Waals surface area contributed by atoms with Crippen LogP contribution in [0.15, 0.2) is 69.0 Å². The van der Waals surface area contributed by atoms with Crippen LogP contribution in [0.1, 0.15) is 23.1 Å². The summed E-state index contributed by atoms with van der Waals surface area (Å²) in [5.41, 5.74) is 0.775. The Bertz CT molecular complexity index is 1100. The van der Waals surface area contributed by atoms with Crippen LogP contribution in [0, 0.1) is 0 Å². The Morgan fingerprint density at radius 1 is 1.32 bits per heavy atom. The first-order chi connectivity index (χ1) is 13.8. The normalized spacial score (nSPS) is 16.6. The zero-order valence-corrected chi connectivity index (χ0v) is 16.1. The number of amides is 1. The zero-order valence-electron chi connectivity index (χ0n) is 14.5. The van der Waals surface area contributed by atoms with Crippen molar-refractivity contribution in [3.63, 3.8) is 0 Å². The molecule has 0 spiro atoms. The Hall–Kier alpha value is -2.98. The summed E-state index contributed by atoms with van der Waals surface area (Å²) >= 11 is 2.89. The lowest BCUT2D eigenvalue weighted by atomic mass is 10.1. The molecule has 4 aromatic heterocycles. The van der Waals surface area contributed by atoms with Gasteiger partial charge in [0, 0.05) is 23.7 Å². The average Bonchev–Trinajstić information content (AvgIpc) is 3.50. The first-order valence-corrected chi connectivity index (χ1v) is 10.4. The first-order valence-electron chi connectivity index (χ1n) is 8.55. The maximum Gasteiger partial charge on any atom is 0.253 e. The minimum absolute atomic E-state index is 0.100. The minimum Gasteiger partial charge on any atom is -0.463 e. The van der Waals surface area contributed by atoms with Crippen LogP contribution in [0.2, 0.25) is 0 Å². The van der Waals surface area contributed by atoms with E-state index < -0.39 is 0 Å². The second-order valence-corrected chi connectivity index (χ2v) is 7.97. The van der Waals surface area contributed by atoms with Gasteiger partial charge in [0.05, 0.1) is 18.1 Å². The summed E-state index contributed by atoms with van der Waals surface area (Å²) in [4.78, 5) is 22.5. The molecule has 1 aliphatic rings. The third-order valence-corrected chi connectivity index (χ3v) is 6.06. The number of thiophene rings is 1. The highest BCUT2D eigenvalue weighted by molar-refractivity contribution is 7.99. The van der Waals surface area contributed by atoms with Gasteiger partial charge in [-0.3, -0.25) is 4.79 Å². The average molecular weight is 410 g/mol. The molecule has 0 N–H and O–H groups in total. The van der Waals surface area contributed by atoms with Gasteiger partial charge in [-0.05, 0) is 29.6 Å². The summed E-state index contributed by atoms with van der Waals surface area (Å²) in [5, 5.41) is 13.0. The molecular formula is C18H14N6O2S2. The summed E-state index contributed by atoms with van der Waals surface area (Å²) in [7, 11) is 0. The van der Waals surface area contributed by atoms with Crippen molar-refractivity contribution in [2.24, 2.45) is 5.10 Å². The fraction of sp³-hybridized carbons (Fsp3) is 0.167. The molecule has 5 rings (SSSR count). The molecule has 10 heteroatoms. The van der Waals surface area contributed by atoms with E-state index in [0.29, 0.717) is 23.1 Å². The lowest BCUT2D eigenvalue weighted by Crippen LogP contribution is -2.28. The van der Waals surface area contributed by atoms with E-state index in [2.05, 4.69) is 20.2 Å². The third kappa shape index (κ3) is 3.20. The summed E-state index contributed by atoms with van der Waals surface area (Å²) in [5.74, 6) is 1.29. The molecule has 1 amide bonds. The van der Waals surface area contributed by atoms with E-state index in [1.54, 1.807) is 45.6 Å². The van der Waals surface area contributed by atoms with Gasteiger partial charge < -0.3 is 4.42 Å². The number of carbonyl (C=O) groups is 1. The van der Waals surface area contributed by atoms with Crippen molar-refractivity contribution in [3.8, 4) is 0 Å². The van der Waals surface area contributed by atoms with Crippen molar-refractivity contribution in [1.29, 1.82) is 0 Å². The van der Waals surface area contributed by atoms with Gasteiger partial charge in [0.15, 0.2) is 0 Å². The number of rotatable bonds is 5. The SMILES string of the molecule is O=C(CSc1nc2ncccn2n1)N1N=C(c2ccco2)C[C@@H]1c1cccs1. The number of aromatic nitrogens is 4. The molecule has 28 heavy (non-hydrogen) atoms. The quantitative estimate of drug-likeness (QED) is 0.469. The van der Waals surface area contributed by atoms with Crippen LogP contribution >= 0.6 is 23.1 Å². The molecule has 0 radical (unpaired) electrons. The fourth-order valence-corrected chi connectivity index (χ4v) is 4.49. The summed E-state index contributed by atoms with van der Waals surface area (Å²) in [6, 6.07) is 9.35. The molecule has 0 fully saturated rings. The van der Waals surface area contributed by atoms with E-state index in [1.807, 2.05) is 29.6 Å². The third-order valence-electron chi connectivity index (χ3n) is 4.27. The number of furan rings is 1. The molecule has 0 unspecified atom stereocenters. The largest absolute Gasteiger partial charge is 0.463 e. The van der Waals surface area contributed by atoms with Crippen LogP contribution in [0.25, 0.3) is 5.78 Å². The van der Waals surface area contributed by atoms with E-state index >= 15 is 0 Å². The molecule has 0 saturated carbocycles. The molecule has 140 valence electrons. The van der Waals surface area contributed by atoms with Crippen LogP contribution in [0.5, 0.6) is 0 Å². The van der Waals surface area contributed by atoms with Crippen LogP contribution in [0.3, 0.4) is 0 Å². The second-order valence-electron chi connectivity index (χ2n) is 6.04. The van der Waals surface area contributed by atoms with Crippen LogP contribution in [0.4, 0.5) is 0 Å². The number of carbonyl (C=O) groups excluding carboxylic acids is 1. The Balaban J connectivity index is 1.36. The zero-order chi connectivity index (χ0) is 18.9. The van der Waals surface area contributed by atoms with E-state index in [4.69, 9.17) is 4.42 Å². The molecule has 0 aliphatic carbocycles. The highest BCUT2D eigenvalue weighted by Crippen LogP contribution is 2.35. The van der Waals surface area contributed by atoms with E-state index in [1.165, 1.54) is 11.8 Å². The molecule has 1 atom stereocenters. The van der Waals surface area contributed by atoms with Crippen molar-refractivity contribution >= 4 is 40.5 Å². The van der Waals surface area contributed by atoms with Crippen LogP contribution in [-0.2, 0) is 4.79 Å². The Morgan fingerprint density at radius 3 is 3.07 bits per heavy atom. The van der Waals surface area contributed by atoms with Gasteiger partial charge in [-0.15, -0.1) is 16.4 Å². The molecule has 8 nitrogen and oxygen atoms in total. The maximum absolute atomic E-state index is 12.9. The van der Waals surface area contributed by atoms with E-state index in [9.17, 15) is 4.79 Å². The second kappa shape index (κ2) is 7.21. The predicted octanol–water partition coefficient (Wildman–Crippen LogP) is 3.25. The Labute approximate surface area is 167 Å². The van der Waals surface area contributed by atoms with Crippen molar-refractivity contribution in [2.75, 3.05) is 5.75 Å². The molecule has 0 saturated heterocycles. The molecule has 4 aromatic rings. The molecule has 0 aromatic carbocycles. The number of hydrogen-bond acceptors (Lipinski definition) is 8. The van der Waals surface area contributed by atoms with E-state index in [-0.39, 0.29) is 17.7 Å². The van der Waals surface area contributed by atoms with Gasteiger partial charge in [-0.2, -0.15) is 10.1 Å². The van der Waals surface area contributed by atoms with Crippen molar-refractivity contribution in [1.82, 2.24) is 24.6 Å². The predicted molar refractivity (Wildman–Crippen MR) is 105 cm³/mol. The van der Waals surface area contributed by atoms with Gasteiger partial charge in [-0.25, -0.2) is 14.5 Å². The standard InChI is InChI=1S/C18H14N6O2S2/c25-16(11-28-18-20-17-19-6-3-7-23(17)22-18)24-13(15-5-2-9-27-15)10-12(21-24)14-4-1-8-26-14/h1-9,13H,10-11H2/t13-/m1/s1. The van der Waals surface area contributed by atoms with Crippen LogP contribution in [-0.4, -0.2) is 42.0 Å². The lowest BCUT2D eigenvalue weighted by molar-refractivity contribution is -0.130. The number of hydrogen-bond donors (Lipinski definition) is 0. The van der Waals surface area contributed by atoms with Crippen molar-refractivity contribution in [2.45, 2.75) is 17.6 Å². The summed E-state index contributed by atoms with van der Waals surface area (Å²) in [6.07, 6.45) is 5.67. The lowest BCUT2D eigenvalue weighted by Gasteiger charge is -2.20. The highest BCUT2D eigenvalue weighted by Gasteiger charge is 2.34. The summed E-state index contributed by atoms with van der Waals surface area (Å²) < 4.78 is 7.06. The first kappa shape index (κ1) is 17.1. The number of hydrazone groups is 1. The number of fused-ring (bicyclic) bond motifs is 1. The van der Waals surface area contributed by atoms with Crippen molar-refractivity contribution < 1.29 is 9.21 Å². The highest BCUT2D eigenvalue weighted by atomic mass is 32.2. The maximum atomic E-state index is 12.9. The topological polar surface area (TPSA) is 88.9 Å².